The van der Waals surface area contributed by atoms with Crippen LogP contribution < -0.4 is 0 Å². The van der Waals surface area contributed by atoms with E-state index in [0.29, 0.717) is 5.82 Å². The van der Waals surface area contributed by atoms with Gasteiger partial charge in [0.05, 0.1) is 13.2 Å². The molecule has 0 aromatic carbocycles. The standard InChI is InChI=1S/C10H16N4O2/c15-12-9-10-11-1-2-14(10)4-3-13-5-7-16-8-6-13/h1-2,9,15H,3-8H2/b12-9+. The van der Waals surface area contributed by atoms with Gasteiger partial charge >= 0.3 is 0 Å². The maximum absolute atomic E-state index is 8.47. The molecule has 0 aliphatic carbocycles. The summed E-state index contributed by atoms with van der Waals surface area (Å²) in [7, 11) is 0. The Balaban J connectivity index is 1.86. The maximum atomic E-state index is 8.47. The Kier molecular flexibility index (Phi) is 3.90. The van der Waals surface area contributed by atoms with E-state index in [9.17, 15) is 0 Å². The van der Waals surface area contributed by atoms with Gasteiger partial charge in [-0.1, -0.05) is 5.16 Å². The third kappa shape index (κ3) is 2.80. The molecule has 1 aromatic rings. The number of aromatic nitrogens is 2. The zero-order valence-corrected chi connectivity index (χ0v) is 9.12. The summed E-state index contributed by atoms with van der Waals surface area (Å²) in [6.45, 7) is 5.41. The van der Waals surface area contributed by atoms with Crippen LogP contribution in [0.4, 0.5) is 0 Å². The largest absolute Gasteiger partial charge is 0.411 e. The number of hydrogen-bond acceptors (Lipinski definition) is 5. The predicted molar refractivity (Wildman–Crippen MR) is 58.9 cm³/mol. The van der Waals surface area contributed by atoms with Crippen molar-refractivity contribution in [3.63, 3.8) is 0 Å². The summed E-state index contributed by atoms with van der Waals surface area (Å²) in [6, 6.07) is 0. The van der Waals surface area contributed by atoms with Gasteiger partial charge in [0.25, 0.3) is 0 Å². The second-order valence-electron chi connectivity index (χ2n) is 3.68. The zero-order chi connectivity index (χ0) is 11.2. The Morgan fingerprint density at radius 1 is 1.44 bits per heavy atom. The summed E-state index contributed by atoms with van der Waals surface area (Å²) in [6.07, 6.45) is 4.94. The predicted octanol–water partition coefficient (Wildman–Crippen LogP) is 0.0234. The molecule has 0 unspecified atom stereocenters. The number of nitrogens with zero attached hydrogens (tertiary/aromatic N) is 4. The van der Waals surface area contributed by atoms with Crippen LogP contribution in [0.15, 0.2) is 17.5 Å². The van der Waals surface area contributed by atoms with Crippen LogP contribution in [0.25, 0.3) is 0 Å². The van der Waals surface area contributed by atoms with Crippen molar-refractivity contribution in [2.24, 2.45) is 5.16 Å². The van der Waals surface area contributed by atoms with Gasteiger partial charge in [0.2, 0.25) is 0 Å². The first-order valence-electron chi connectivity index (χ1n) is 5.39. The molecule has 16 heavy (non-hydrogen) atoms. The monoisotopic (exact) mass is 224 g/mol. The Morgan fingerprint density at radius 2 is 2.25 bits per heavy atom. The SMILES string of the molecule is O/N=C/c1nccn1CCN1CCOCC1. The molecule has 0 amide bonds. The van der Waals surface area contributed by atoms with Crippen molar-refractivity contribution < 1.29 is 9.94 Å². The summed E-state index contributed by atoms with van der Waals surface area (Å²) >= 11 is 0. The van der Waals surface area contributed by atoms with E-state index in [1.807, 2.05) is 10.8 Å². The fourth-order valence-electron chi connectivity index (χ4n) is 1.76. The second kappa shape index (κ2) is 5.62. The molecule has 0 spiro atoms. The van der Waals surface area contributed by atoms with Gasteiger partial charge in [-0.15, -0.1) is 0 Å². The molecule has 88 valence electrons. The lowest BCUT2D eigenvalue weighted by atomic mass is 10.4. The van der Waals surface area contributed by atoms with E-state index in [0.717, 1.165) is 39.4 Å². The van der Waals surface area contributed by atoms with Crippen LogP contribution in [0.1, 0.15) is 5.82 Å². The molecule has 1 saturated heterocycles. The van der Waals surface area contributed by atoms with E-state index in [1.165, 1.54) is 6.21 Å². The average molecular weight is 224 g/mol. The summed E-state index contributed by atoms with van der Waals surface area (Å²) in [5.41, 5.74) is 0. The number of ether oxygens (including phenoxy) is 1. The molecule has 1 aliphatic heterocycles. The lowest BCUT2D eigenvalue weighted by Crippen LogP contribution is -2.38. The van der Waals surface area contributed by atoms with Gasteiger partial charge in [0.15, 0.2) is 5.82 Å². The quantitative estimate of drug-likeness (QED) is 0.445. The van der Waals surface area contributed by atoms with Gasteiger partial charge in [0.1, 0.15) is 6.21 Å². The van der Waals surface area contributed by atoms with Gasteiger partial charge in [-0.05, 0) is 0 Å². The van der Waals surface area contributed by atoms with Crippen LogP contribution in [0.3, 0.4) is 0 Å². The highest BCUT2D eigenvalue weighted by Gasteiger charge is 2.10. The number of rotatable bonds is 4. The lowest BCUT2D eigenvalue weighted by Gasteiger charge is -2.26. The molecule has 6 heteroatoms. The molecule has 1 aromatic heterocycles. The number of imidazole rings is 1. The molecule has 0 bridgehead atoms. The van der Waals surface area contributed by atoms with E-state index in [1.54, 1.807) is 6.20 Å². The molecule has 1 aliphatic rings. The summed E-state index contributed by atoms with van der Waals surface area (Å²) in [4.78, 5) is 6.43. The minimum Gasteiger partial charge on any atom is -0.411 e. The third-order valence-electron chi connectivity index (χ3n) is 2.68. The molecular formula is C10H16N4O2. The van der Waals surface area contributed by atoms with Gasteiger partial charge in [-0.3, -0.25) is 4.90 Å². The smallest absolute Gasteiger partial charge is 0.154 e. The molecular weight excluding hydrogens is 208 g/mol. The van der Waals surface area contributed by atoms with Crippen molar-refractivity contribution in [1.82, 2.24) is 14.5 Å². The van der Waals surface area contributed by atoms with Crippen LogP contribution in [-0.4, -0.2) is 58.7 Å². The van der Waals surface area contributed by atoms with Crippen molar-refractivity contribution in [2.45, 2.75) is 6.54 Å². The van der Waals surface area contributed by atoms with E-state index in [4.69, 9.17) is 9.94 Å². The molecule has 6 nitrogen and oxygen atoms in total. The van der Waals surface area contributed by atoms with E-state index >= 15 is 0 Å². The average Bonchev–Trinajstić information content (AvgIpc) is 2.76. The highest BCUT2D eigenvalue weighted by atomic mass is 16.5. The number of morpholine rings is 1. The minimum absolute atomic E-state index is 0.677. The number of oxime groups is 1. The normalized spacial score (nSPS) is 18.2. The van der Waals surface area contributed by atoms with Crippen LogP contribution >= 0.6 is 0 Å². The fourth-order valence-corrected chi connectivity index (χ4v) is 1.76. The molecule has 1 N–H and O–H groups in total. The lowest BCUT2D eigenvalue weighted by molar-refractivity contribution is 0.0364. The molecule has 0 saturated carbocycles. The van der Waals surface area contributed by atoms with Crippen molar-refractivity contribution in [3.8, 4) is 0 Å². The first kappa shape index (κ1) is 11.1. The topological polar surface area (TPSA) is 62.9 Å². The number of hydrogen-bond donors (Lipinski definition) is 1. The Morgan fingerprint density at radius 3 is 3.00 bits per heavy atom. The van der Waals surface area contributed by atoms with Crippen LogP contribution in [0, 0.1) is 0 Å². The molecule has 2 rings (SSSR count). The Hall–Kier alpha value is -1.40. The van der Waals surface area contributed by atoms with Gasteiger partial charge in [0, 0.05) is 38.6 Å². The second-order valence-corrected chi connectivity index (χ2v) is 3.68. The first-order chi connectivity index (χ1) is 7.90. The van der Waals surface area contributed by atoms with E-state index < -0.39 is 0 Å². The van der Waals surface area contributed by atoms with Gasteiger partial charge in [-0.2, -0.15) is 0 Å². The van der Waals surface area contributed by atoms with Crippen molar-refractivity contribution in [3.05, 3.63) is 18.2 Å². The van der Waals surface area contributed by atoms with Crippen LogP contribution in [-0.2, 0) is 11.3 Å². The molecule has 0 radical (unpaired) electrons. The Labute approximate surface area is 94.1 Å². The summed E-state index contributed by atoms with van der Waals surface area (Å²) < 4.78 is 7.25. The minimum atomic E-state index is 0.677. The molecule has 2 heterocycles. The first-order valence-corrected chi connectivity index (χ1v) is 5.39. The highest BCUT2D eigenvalue weighted by Crippen LogP contribution is 1.99. The molecule has 0 atom stereocenters. The summed E-state index contributed by atoms with van der Waals surface area (Å²) in [5.74, 6) is 0.677. The zero-order valence-electron chi connectivity index (χ0n) is 9.12. The van der Waals surface area contributed by atoms with Crippen LogP contribution in [0.2, 0.25) is 0 Å². The maximum Gasteiger partial charge on any atom is 0.154 e. The Bertz CT molecular complexity index is 344. The summed E-state index contributed by atoms with van der Waals surface area (Å²) in [5, 5.41) is 11.5. The highest BCUT2D eigenvalue weighted by molar-refractivity contribution is 5.74. The van der Waals surface area contributed by atoms with Crippen molar-refractivity contribution in [1.29, 1.82) is 0 Å². The van der Waals surface area contributed by atoms with Crippen LogP contribution in [0.5, 0.6) is 0 Å². The molecule has 1 fully saturated rings. The van der Waals surface area contributed by atoms with E-state index in [-0.39, 0.29) is 0 Å². The van der Waals surface area contributed by atoms with Gasteiger partial charge in [-0.25, -0.2) is 4.98 Å². The third-order valence-corrected chi connectivity index (χ3v) is 2.68. The fraction of sp³-hybridized carbons (Fsp3) is 0.600. The van der Waals surface area contributed by atoms with Gasteiger partial charge < -0.3 is 14.5 Å². The van der Waals surface area contributed by atoms with Crippen molar-refractivity contribution in [2.75, 3.05) is 32.8 Å². The van der Waals surface area contributed by atoms with Crippen molar-refractivity contribution >= 4 is 6.21 Å². The van der Waals surface area contributed by atoms with E-state index in [2.05, 4.69) is 15.0 Å².